The molecule has 0 bridgehead atoms. The number of rotatable bonds is 4. The maximum Gasteiger partial charge on any atom is 0.271 e. The largest absolute Gasteiger partial charge is 0.454 e. The molecule has 0 N–H and O–H groups in total. The van der Waals surface area contributed by atoms with Gasteiger partial charge in [0.2, 0.25) is 0 Å². The molecule has 0 aliphatic carbocycles. The van der Waals surface area contributed by atoms with Crippen LogP contribution in [0.2, 0.25) is 0 Å². The summed E-state index contributed by atoms with van der Waals surface area (Å²) < 4.78 is 7.79. The van der Waals surface area contributed by atoms with E-state index in [-0.39, 0.29) is 17.7 Å². The lowest BCUT2D eigenvalue weighted by molar-refractivity contribution is -0.140. The maximum absolute atomic E-state index is 13.2. The minimum Gasteiger partial charge on any atom is -0.454 e. The molecule has 7 heteroatoms. The van der Waals surface area contributed by atoms with Gasteiger partial charge in [-0.15, -0.1) is 0 Å². The van der Waals surface area contributed by atoms with Gasteiger partial charge in [0.1, 0.15) is 22.9 Å². The average molecular weight is 448 g/mol. The van der Waals surface area contributed by atoms with Gasteiger partial charge < -0.3 is 4.42 Å². The molecule has 0 radical (unpaired) electrons. The van der Waals surface area contributed by atoms with E-state index >= 15 is 0 Å². The Labute approximate surface area is 195 Å². The van der Waals surface area contributed by atoms with Crippen molar-refractivity contribution in [3.8, 4) is 23.2 Å². The van der Waals surface area contributed by atoms with Crippen LogP contribution < -0.4 is 0 Å². The van der Waals surface area contributed by atoms with Gasteiger partial charge in [-0.2, -0.15) is 10.4 Å². The Kier molecular flexibility index (Phi) is 5.19. The summed E-state index contributed by atoms with van der Waals surface area (Å²) in [7, 11) is 0. The molecule has 7 nitrogen and oxygen atoms in total. The third kappa shape index (κ3) is 3.42. The quantitative estimate of drug-likeness (QED) is 0.327. The van der Waals surface area contributed by atoms with E-state index in [9.17, 15) is 14.9 Å². The maximum atomic E-state index is 13.2. The molecule has 0 saturated carbocycles. The fraction of sp³-hybridized carbons (Fsp3) is 0.111. The van der Waals surface area contributed by atoms with Crippen molar-refractivity contribution in [1.29, 1.82) is 5.26 Å². The van der Waals surface area contributed by atoms with E-state index < -0.39 is 11.8 Å². The smallest absolute Gasteiger partial charge is 0.271 e. The number of benzene rings is 2. The molecule has 5 rings (SSSR count). The topological polar surface area (TPSA) is 92.1 Å². The number of aromatic nitrogens is 2. The van der Waals surface area contributed by atoms with Crippen LogP contribution in [0.15, 0.2) is 88.0 Å². The fourth-order valence-electron chi connectivity index (χ4n) is 4.07. The second-order valence-corrected chi connectivity index (χ2v) is 7.89. The van der Waals surface area contributed by atoms with E-state index in [1.54, 1.807) is 24.6 Å². The Morgan fingerprint density at radius 3 is 2.50 bits per heavy atom. The molecule has 0 spiro atoms. The molecule has 34 heavy (non-hydrogen) atoms. The van der Waals surface area contributed by atoms with Crippen molar-refractivity contribution in [1.82, 2.24) is 14.7 Å². The van der Waals surface area contributed by atoms with Gasteiger partial charge in [0, 0.05) is 29.3 Å². The Balaban J connectivity index is 1.73. The number of carbonyl (C=O) groups is 2. The zero-order valence-corrected chi connectivity index (χ0v) is 18.6. The molecule has 4 aromatic rings. The summed E-state index contributed by atoms with van der Waals surface area (Å²) in [6.45, 7) is 3.50. The molecule has 0 saturated heterocycles. The number of hydrogen-bond donors (Lipinski definition) is 0. The molecule has 0 fully saturated rings. The molecular weight excluding hydrogens is 428 g/mol. The first-order chi connectivity index (χ1) is 16.5. The van der Waals surface area contributed by atoms with Crippen LogP contribution in [0.3, 0.4) is 0 Å². The van der Waals surface area contributed by atoms with Crippen molar-refractivity contribution >= 4 is 28.9 Å². The second kappa shape index (κ2) is 8.34. The minimum absolute atomic E-state index is 0.0339. The van der Waals surface area contributed by atoms with E-state index in [2.05, 4.69) is 0 Å². The Bertz CT molecular complexity index is 1510. The van der Waals surface area contributed by atoms with E-state index in [4.69, 9.17) is 9.52 Å². The van der Waals surface area contributed by atoms with Crippen LogP contribution in [0.25, 0.3) is 34.2 Å². The van der Waals surface area contributed by atoms with Crippen molar-refractivity contribution in [3.05, 3.63) is 89.1 Å². The van der Waals surface area contributed by atoms with Crippen molar-refractivity contribution in [2.24, 2.45) is 0 Å². The lowest BCUT2D eigenvalue weighted by atomic mass is 9.93. The molecule has 2 aromatic carbocycles. The molecule has 1 aliphatic rings. The number of carbonyl (C=O) groups excluding carboxylic acids is 2. The van der Waals surface area contributed by atoms with Gasteiger partial charge in [0.15, 0.2) is 5.76 Å². The van der Waals surface area contributed by atoms with Crippen LogP contribution >= 0.6 is 0 Å². The predicted octanol–water partition coefficient (Wildman–Crippen LogP) is 4.90. The molecule has 3 heterocycles. The molecule has 2 aromatic heterocycles. The highest BCUT2D eigenvalue weighted by atomic mass is 16.3. The number of imide groups is 1. The van der Waals surface area contributed by atoms with Crippen LogP contribution in [0, 0.1) is 11.3 Å². The molecule has 1 aliphatic heterocycles. The zero-order valence-electron chi connectivity index (χ0n) is 18.6. The number of hydrogen-bond acceptors (Lipinski definition) is 5. The van der Waals surface area contributed by atoms with Crippen molar-refractivity contribution in [2.75, 3.05) is 6.54 Å². The summed E-state index contributed by atoms with van der Waals surface area (Å²) in [6, 6.07) is 21.1. The van der Waals surface area contributed by atoms with Crippen LogP contribution in [-0.2, 0) is 9.59 Å². The van der Waals surface area contributed by atoms with Crippen LogP contribution in [0.1, 0.15) is 19.4 Å². The van der Waals surface area contributed by atoms with E-state index in [1.165, 1.54) is 0 Å². The Morgan fingerprint density at radius 1 is 1.06 bits per heavy atom. The monoisotopic (exact) mass is 448 g/mol. The molecule has 2 amide bonds. The predicted molar refractivity (Wildman–Crippen MR) is 127 cm³/mol. The lowest BCUT2D eigenvalue weighted by Crippen LogP contribution is -2.42. The number of fused-ring (bicyclic) bond motifs is 1. The third-order valence-corrected chi connectivity index (χ3v) is 5.86. The highest BCUT2D eigenvalue weighted by molar-refractivity contribution is 6.19. The summed E-state index contributed by atoms with van der Waals surface area (Å²) in [5.74, 6) is -0.453. The summed E-state index contributed by atoms with van der Waals surface area (Å²) in [5.41, 5.74) is 3.35. The number of amides is 2. The minimum atomic E-state index is -0.567. The average Bonchev–Trinajstić information content (AvgIpc) is 3.47. The number of para-hydroxylation sites is 2. The van der Waals surface area contributed by atoms with Gasteiger partial charge in [-0.3, -0.25) is 14.5 Å². The van der Waals surface area contributed by atoms with Gasteiger partial charge in [-0.05, 0) is 49.8 Å². The van der Waals surface area contributed by atoms with Crippen LogP contribution in [0.5, 0.6) is 0 Å². The van der Waals surface area contributed by atoms with Crippen molar-refractivity contribution < 1.29 is 14.0 Å². The summed E-state index contributed by atoms with van der Waals surface area (Å²) >= 11 is 0. The van der Waals surface area contributed by atoms with Crippen LogP contribution in [-0.4, -0.2) is 33.0 Å². The SMILES string of the molecule is CCN1C(=O)C(C#N)=C(C)/C(=C\c2cn(-c3ccccc3)nc2-c2cc3ccccc3o2)C1=O. The number of nitrogens with zero attached hydrogens (tertiary/aromatic N) is 4. The standard InChI is InChI=1S/C27H20N4O3/c1-3-30-26(32)21(17(2)22(15-28)27(30)33)13-19-16-31(20-10-5-4-6-11-20)29-25(19)24-14-18-9-7-8-12-23(18)34-24/h4-14,16H,3H2,1-2H3/b21-13+. The fourth-order valence-corrected chi connectivity index (χ4v) is 4.07. The highest BCUT2D eigenvalue weighted by Gasteiger charge is 2.34. The van der Waals surface area contributed by atoms with Crippen molar-refractivity contribution in [2.45, 2.75) is 13.8 Å². The molecular formula is C27H20N4O3. The van der Waals surface area contributed by atoms with E-state index in [1.807, 2.05) is 72.9 Å². The summed E-state index contributed by atoms with van der Waals surface area (Å²) in [5, 5.41) is 15.3. The highest BCUT2D eigenvalue weighted by Crippen LogP contribution is 2.33. The Morgan fingerprint density at radius 2 is 1.79 bits per heavy atom. The number of likely N-dealkylation sites (N-methyl/N-ethyl adjacent to an activating group) is 1. The second-order valence-electron chi connectivity index (χ2n) is 7.89. The van der Waals surface area contributed by atoms with E-state index in [0.29, 0.717) is 22.6 Å². The lowest BCUT2D eigenvalue weighted by Gasteiger charge is -2.26. The van der Waals surface area contributed by atoms with E-state index in [0.717, 1.165) is 21.6 Å². The van der Waals surface area contributed by atoms with Gasteiger partial charge in [-0.25, -0.2) is 4.68 Å². The normalized spacial score (nSPS) is 15.4. The molecule has 166 valence electrons. The first-order valence-electron chi connectivity index (χ1n) is 10.8. The van der Waals surface area contributed by atoms with Crippen molar-refractivity contribution in [3.63, 3.8) is 0 Å². The summed E-state index contributed by atoms with van der Waals surface area (Å²) in [4.78, 5) is 26.8. The van der Waals surface area contributed by atoms with Gasteiger partial charge in [0.25, 0.3) is 11.8 Å². The van der Waals surface area contributed by atoms with Gasteiger partial charge in [0.05, 0.1) is 5.69 Å². The van der Waals surface area contributed by atoms with Gasteiger partial charge in [-0.1, -0.05) is 36.4 Å². The number of furan rings is 1. The zero-order chi connectivity index (χ0) is 23.8. The van der Waals surface area contributed by atoms with Gasteiger partial charge >= 0.3 is 0 Å². The molecule has 0 unspecified atom stereocenters. The third-order valence-electron chi connectivity index (χ3n) is 5.86. The van der Waals surface area contributed by atoms with Crippen LogP contribution in [0.4, 0.5) is 0 Å². The molecule has 0 atom stereocenters. The number of nitriles is 1. The summed E-state index contributed by atoms with van der Waals surface area (Å²) in [6.07, 6.45) is 3.49. The first-order valence-corrected chi connectivity index (χ1v) is 10.8. The first kappa shape index (κ1) is 21.2. The Hall–Kier alpha value is -4.70.